The number of benzene rings is 6. The number of fused-ring (bicyclic) bond motifs is 9. The van der Waals surface area contributed by atoms with Gasteiger partial charge in [0.2, 0.25) is 0 Å². The number of para-hydroxylation sites is 6. The van der Waals surface area contributed by atoms with Crippen LogP contribution in [0.1, 0.15) is 0 Å². The van der Waals surface area contributed by atoms with Crippen LogP contribution >= 0.6 is 0 Å². The topological polar surface area (TPSA) is 79.9 Å². The molecule has 3 heterocycles. The third kappa shape index (κ3) is 3.16. The van der Waals surface area contributed by atoms with Crippen LogP contribution in [0.25, 0.3) is 88.1 Å². The third-order valence-corrected chi connectivity index (χ3v) is 8.34. The summed E-state index contributed by atoms with van der Waals surface area (Å²) in [5.74, 6) is 0. The second kappa shape index (κ2) is 8.60. The lowest BCUT2D eigenvalue weighted by Crippen LogP contribution is -2.29. The van der Waals surface area contributed by atoms with Crippen LogP contribution in [0.5, 0.6) is 0 Å². The molecule has 42 heavy (non-hydrogen) atoms. The molecule has 0 radical (unpaired) electrons. The van der Waals surface area contributed by atoms with Crippen molar-refractivity contribution in [2.75, 3.05) is 0 Å². The Hall–Kier alpha value is -5.30. The lowest BCUT2D eigenvalue weighted by atomic mass is 9.79. The van der Waals surface area contributed by atoms with Crippen molar-refractivity contribution in [3.63, 3.8) is 0 Å². The predicted octanol–water partition coefficient (Wildman–Crippen LogP) is 8.40. The molecule has 6 heteroatoms. The third-order valence-electron chi connectivity index (χ3n) is 8.34. The lowest BCUT2D eigenvalue weighted by Gasteiger charge is -2.04. The van der Waals surface area contributed by atoms with E-state index in [1.54, 1.807) is 6.07 Å². The molecule has 2 N–H and O–H groups in total. The molecule has 5 nitrogen and oxygen atoms in total. The summed E-state index contributed by atoms with van der Waals surface area (Å²) in [6, 6.07) is 38.1. The van der Waals surface area contributed by atoms with Gasteiger partial charge in [0.1, 0.15) is 33.5 Å². The molecule has 0 bridgehead atoms. The summed E-state index contributed by atoms with van der Waals surface area (Å²) in [7, 11) is -1.63. The summed E-state index contributed by atoms with van der Waals surface area (Å²) >= 11 is 0. The Balaban J connectivity index is 1.32. The Morgan fingerprint density at radius 2 is 0.738 bits per heavy atom. The summed E-state index contributed by atoms with van der Waals surface area (Å²) in [5.41, 5.74) is 8.40. The van der Waals surface area contributed by atoms with E-state index in [1.165, 1.54) is 0 Å². The van der Waals surface area contributed by atoms with Crippen LogP contribution in [0, 0.1) is 0 Å². The van der Waals surface area contributed by atoms with E-state index in [0.29, 0.717) is 16.6 Å². The van der Waals surface area contributed by atoms with E-state index in [0.717, 1.165) is 76.9 Å². The summed E-state index contributed by atoms with van der Waals surface area (Å²) in [6.07, 6.45) is 0. The molecule has 0 saturated heterocycles. The van der Waals surface area contributed by atoms with E-state index < -0.39 is 7.12 Å². The van der Waals surface area contributed by atoms with Gasteiger partial charge in [0.25, 0.3) is 0 Å². The molecular weight excluding hydrogens is 523 g/mol. The SMILES string of the molecule is OB(O)c1cccc2c1oc1c(-c3cccc4c3oc3c(-c5cccc6c5oc5ccccc56)cccc34)cccc12. The molecule has 0 aliphatic rings. The van der Waals surface area contributed by atoms with Crippen LogP contribution in [0.4, 0.5) is 0 Å². The Bertz CT molecular complexity index is 2510. The molecule has 6 aromatic carbocycles. The van der Waals surface area contributed by atoms with Crippen molar-refractivity contribution >= 4 is 78.4 Å². The normalized spacial score (nSPS) is 12.0. The maximum atomic E-state index is 9.96. The Morgan fingerprint density at radius 3 is 1.26 bits per heavy atom. The quantitative estimate of drug-likeness (QED) is 0.218. The van der Waals surface area contributed by atoms with Gasteiger partial charge in [-0.3, -0.25) is 0 Å². The zero-order valence-corrected chi connectivity index (χ0v) is 22.2. The first-order valence-electron chi connectivity index (χ1n) is 13.8. The second-order valence-corrected chi connectivity index (χ2v) is 10.6. The van der Waals surface area contributed by atoms with Gasteiger partial charge in [0, 0.05) is 60.0 Å². The van der Waals surface area contributed by atoms with Crippen LogP contribution < -0.4 is 5.46 Å². The molecule has 0 spiro atoms. The summed E-state index contributed by atoms with van der Waals surface area (Å²) in [5, 5.41) is 25.8. The molecule has 0 amide bonds. The molecule has 198 valence electrons. The van der Waals surface area contributed by atoms with Crippen LogP contribution in [0.3, 0.4) is 0 Å². The van der Waals surface area contributed by atoms with E-state index in [4.69, 9.17) is 13.3 Å². The molecule has 3 aromatic heterocycles. The molecule has 0 unspecified atom stereocenters. The van der Waals surface area contributed by atoms with Crippen molar-refractivity contribution in [1.82, 2.24) is 0 Å². The minimum Gasteiger partial charge on any atom is -0.456 e. The van der Waals surface area contributed by atoms with E-state index in [1.807, 2.05) is 60.7 Å². The van der Waals surface area contributed by atoms with Crippen molar-refractivity contribution in [2.24, 2.45) is 0 Å². The first-order valence-corrected chi connectivity index (χ1v) is 13.8. The van der Waals surface area contributed by atoms with Gasteiger partial charge in [-0.1, -0.05) is 109 Å². The molecule has 0 aliphatic heterocycles. The minimum absolute atomic E-state index is 0.334. The average molecular weight is 544 g/mol. The maximum Gasteiger partial charge on any atom is 0.492 e. The molecule has 9 rings (SSSR count). The smallest absolute Gasteiger partial charge is 0.456 e. The minimum atomic E-state index is -1.63. The van der Waals surface area contributed by atoms with Gasteiger partial charge in [0.15, 0.2) is 0 Å². The van der Waals surface area contributed by atoms with Crippen molar-refractivity contribution in [2.45, 2.75) is 0 Å². The fourth-order valence-electron chi connectivity index (χ4n) is 6.46. The molecule has 0 aliphatic carbocycles. The van der Waals surface area contributed by atoms with Crippen molar-refractivity contribution in [1.29, 1.82) is 0 Å². The molecule has 0 atom stereocenters. The molecule has 0 saturated carbocycles. The first kappa shape index (κ1) is 23.4. The second-order valence-electron chi connectivity index (χ2n) is 10.6. The monoisotopic (exact) mass is 544 g/mol. The van der Waals surface area contributed by atoms with Gasteiger partial charge < -0.3 is 23.3 Å². The van der Waals surface area contributed by atoms with Gasteiger partial charge >= 0.3 is 7.12 Å². The summed E-state index contributed by atoms with van der Waals surface area (Å²) < 4.78 is 19.5. The van der Waals surface area contributed by atoms with Gasteiger partial charge in [-0.05, 0) is 6.07 Å². The Kier molecular flexibility index (Phi) is 4.80. The Labute approximate surface area is 238 Å². The van der Waals surface area contributed by atoms with E-state index >= 15 is 0 Å². The van der Waals surface area contributed by atoms with E-state index in [2.05, 4.69) is 48.5 Å². The molecule has 9 aromatic rings. The molecular formula is C36H21BO5. The highest BCUT2D eigenvalue weighted by Gasteiger charge is 2.23. The zero-order valence-electron chi connectivity index (χ0n) is 22.2. The van der Waals surface area contributed by atoms with E-state index in [-0.39, 0.29) is 0 Å². The highest BCUT2D eigenvalue weighted by atomic mass is 16.4. The first-order chi connectivity index (χ1) is 20.7. The van der Waals surface area contributed by atoms with Crippen molar-refractivity contribution in [3.8, 4) is 22.3 Å². The number of hydrogen-bond acceptors (Lipinski definition) is 5. The Morgan fingerprint density at radius 1 is 0.357 bits per heavy atom. The largest absolute Gasteiger partial charge is 0.492 e. The van der Waals surface area contributed by atoms with Crippen LogP contribution in [-0.4, -0.2) is 17.2 Å². The highest BCUT2D eigenvalue weighted by molar-refractivity contribution is 6.61. The van der Waals surface area contributed by atoms with Gasteiger partial charge in [-0.25, -0.2) is 0 Å². The fraction of sp³-hybridized carbons (Fsp3) is 0. The van der Waals surface area contributed by atoms with Crippen molar-refractivity contribution in [3.05, 3.63) is 115 Å². The number of hydrogen-bond donors (Lipinski definition) is 2. The average Bonchev–Trinajstić information content (AvgIpc) is 3.72. The highest BCUT2D eigenvalue weighted by Crippen LogP contribution is 2.44. The van der Waals surface area contributed by atoms with E-state index in [9.17, 15) is 10.0 Å². The van der Waals surface area contributed by atoms with Gasteiger partial charge in [-0.2, -0.15) is 0 Å². The standard InChI is InChI=1S/C36H21BO5/c38-37(39)30-18-7-17-29-28-16-6-15-27(35(28)42-36(29)30)26-14-5-13-25-24-12-4-11-23(33(24)41-34(25)26)22-10-3-9-21-20-8-1-2-19-31(20)40-32(21)22/h1-19,38-39H. The van der Waals surface area contributed by atoms with Gasteiger partial charge in [0.05, 0.1) is 0 Å². The van der Waals surface area contributed by atoms with Gasteiger partial charge in [-0.15, -0.1) is 0 Å². The maximum absolute atomic E-state index is 9.96. The van der Waals surface area contributed by atoms with Crippen LogP contribution in [-0.2, 0) is 0 Å². The summed E-state index contributed by atoms with van der Waals surface area (Å²) in [4.78, 5) is 0. The lowest BCUT2D eigenvalue weighted by molar-refractivity contribution is 0.425. The molecule has 0 fully saturated rings. The zero-order chi connectivity index (χ0) is 27.9. The number of furan rings is 3. The van der Waals surface area contributed by atoms with Crippen LogP contribution in [0.2, 0.25) is 0 Å². The van der Waals surface area contributed by atoms with Crippen molar-refractivity contribution < 1.29 is 23.3 Å². The van der Waals surface area contributed by atoms with Crippen LogP contribution in [0.15, 0.2) is 129 Å². The summed E-state index contributed by atoms with van der Waals surface area (Å²) in [6.45, 7) is 0. The number of rotatable bonds is 3. The predicted molar refractivity (Wildman–Crippen MR) is 169 cm³/mol. The fourth-order valence-corrected chi connectivity index (χ4v) is 6.46.